The topological polar surface area (TPSA) is 79.3 Å². The Balaban J connectivity index is 1.61. The number of pyridine rings is 1. The minimum absolute atomic E-state index is 0.119. The first-order valence-corrected chi connectivity index (χ1v) is 9.22. The molecular formula is C23H22N2O3. The van der Waals surface area contributed by atoms with Crippen molar-refractivity contribution in [2.24, 2.45) is 0 Å². The number of benzene rings is 2. The average molecular weight is 374 g/mol. The molecule has 1 aromatic heterocycles. The summed E-state index contributed by atoms with van der Waals surface area (Å²) in [5, 5.41) is 12.1. The Labute approximate surface area is 164 Å². The summed E-state index contributed by atoms with van der Waals surface area (Å²) in [5.41, 5.74) is 4.54. The van der Waals surface area contributed by atoms with Crippen molar-refractivity contribution in [3.05, 3.63) is 83.7 Å². The summed E-state index contributed by atoms with van der Waals surface area (Å²) in [6.07, 6.45) is 5.15. The summed E-state index contributed by atoms with van der Waals surface area (Å²) in [5.74, 6) is -1.25. The van der Waals surface area contributed by atoms with Crippen LogP contribution in [0.25, 0.3) is 11.1 Å². The lowest BCUT2D eigenvalue weighted by Gasteiger charge is -2.10. The number of nitrogens with one attached hydrogen (secondary N) is 1. The number of hydrogen-bond acceptors (Lipinski definition) is 3. The fourth-order valence-electron chi connectivity index (χ4n) is 2.97. The molecule has 0 spiro atoms. The summed E-state index contributed by atoms with van der Waals surface area (Å²) in [6.45, 7) is 1.96. The maximum Gasteiger partial charge on any atom is 0.337 e. The molecule has 0 atom stereocenters. The third-order valence-electron chi connectivity index (χ3n) is 4.59. The number of rotatable bonds is 7. The second-order valence-corrected chi connectivity index (χ2v) is 6.53. The molecule has 0 bridgehead atoms. The predicted octanol–water partition coefficient (Wildman–Crippen LogP) is 4.58. The molecule has 28 heavy (non-hydrogen) atoms. The van der Waals surface area contributed by atoms with Crippen LogP contribution in [0.2, 0.25) is 0 Å². The van der Waals surface area contributed by atoms with Crippen molar-refractivity contribution < 1.29 is 14.7 Å². The molecule has 2 aromatic carbocycles. The highest BCUT2D eigenvalue weighted by Gasteiger charge is 2.13. The minimum atomic E-state index is -1.04. The molecule has 5 heteroatoms. The van der Waals surface area contributed by atoms with Crippen LogP contribution in [-0.2, 0) is 17.6 Å². The van der Waals surface area contributed by atoms with Crippen LogP contribution in [0.3, 0.4) is 0 Å². The van der Waals surface area contributed by atoms with Gasteiger partial charge in [0.15, 0.2) is 0 Å². The van der Waals surface area contributed by atoms with Gasteiger partial charge in [0.25, 0.3) is 0 Å². The maximum atomic E-state index is 12.3. The van der Waals surface area contributed by atoms with Crippen molar-refractivity contribution in [2.75, 3.05) is 5.32 Å². The molecule has 0 saturated carbocycles. The van der Waals surface area contributed by atoms with Crippen LogP contribution in [0.1, 0.15) is 34.8 Å². The van der Waals surface area contributed by atoms with E-state index in [4.69, 9.17) is 0 Å². The fourth-order valence-corrected chi connectivity index (χ4v) is 2.97. The predicted molar refractivity (Wildman–Crippen MR) is 109 cm³/mol. The number of carboxylic acid groups (broad SMARTS) is 1. The average Bonchev–Trinajstić information content (AvgIpc) is 2.73. The summed E-state index contributed by atoms with van der Waals surface area (Å²) in [4.78, 5) is 27.9. The Morgan fingerprint density at radius 3 is 2.39 bits per heavy atom. The van der Waals surface area contributed by atoms with Crippen LogP contribution in [0, 0.1) is 0 Å². The Hall–Kier alpha value is -3.47. The molecule has 0 radical (unpaired) electrons. The summed E-state index contributed by atoms with van der Waals surface area (Å²) in [7, 11) is 0. The van der Waals surface area contributed by atoms with Gasteiger partial charge in [-0.15, -0.1) is 0 Å². The van der Waals surface area contributed by atoms with Crippen molar-refractivity contribution >= 4 is 17.6 Å². The van der Waals surface area contributed by atoms with Gasteiger partial charge in [-0.05, 0) is 53.3 Å². The molecule has 3 aromatic rings. The van der Waals surface area contributed by atoms with Gasteiger partial charge in [0.2, 0.25) is 5.91 Å². The van der Waals surface area contributed by atoms with Gasteiger partial charge in [-0.25, -0.2) is 4.79 Å². The number of hydrogen-bond donors (Lipinski definition) is 2. The molecule has 142 valence electrons. The van der Waals surface area contributed by atoms with E-state index in [-0.39, 0.29) is 17.9 Å². The highest BCUT2D eigenvalue weighted by Crippen LogP contribution is 2.20. The Kier molecular flexibility index (Phi) is 6.17. The molecule has 0 fully saturated rings. The van der Waals surface area contributed by atoms with Gasteiger partial charge in [0.1, 0.15) is 0 Å². The molecular weight excluding hydrogens is 352 g/mol. The third kappa shape index (κ3) is 4.82. The van der Waals surface area contributed by atoms with Crippen molar-refractivity contribution in [3.8, 4) is 11.1 Å². The molecule has 0 aliphatic heterocycles. The first-order valence-electron chi connectivity index (χ1n) is 9.22. The number of carbonyl (C=O) groups excluding carboxylic acids is 1. The van der Waals surface area contributed by atoms with Gasteiger partial charge < -0.3 is 10.4 Å². The standard InChI is InChI=1S/C23H22N2O3/c1-2-16-7-11-21(20(14-16)23(27)28)25-22(26)12-8-17-5-9-18(10-6-17)19-4-3-13-24-15-19/h3-7,9-11,13-15H,2,8,12H2,1H3,(H,25,26)(H,27,28). The van der Waals surface area contributed by atoms with Crippen LogP contribution in [0.4, 0.5) is 5.69 Å². The molecule has 0 aliphatic rings. The molecule has 0 saturated heterocycles. The number of aryl methyl sites for hydroxylation is 2. The summed E-state index contributed by atoms with van der Waals surface area (Å²) in [6, 6.07) is 17.0. The monoisotopic (exact) mass is 374 g/mol. The van der Waals surface area contributed by atoms with E-state index >= 15 is 0 Å². The van der Waals surface area contributed by atoms with E-state index in [9.17, 15) is 14.7 Å². The molecule has 2 N–H and O–H groups in total. The van der Waals surface area contributed by atoms with Gasteiger partial charge in [-0.3, -0.25) is 9.78 Å². The fraction of sp³-hybridized carbons (Fsp3) is 0.174. The third-order valence-corrected chi connectivity index (χ3v) is 4.59. The van der Waals surface area contributed by atoms with Crippen LogP contribution < -0.4 is 5.32 Å². The van der Waals surface area contributed by atoms with Crippen molar-refractivity contribution in [2.45, 2.75) is 26.2 Å². The first-order chi connectivity index (χ1) is 13.6. The zero-order valence-electron chi connectivity index (χ0n) is 15.7. The largest absolute Gasteiger partial charge is 0.478 e. The van der Waals surface area contributed by atoms with Crippen molar-refractivity contribution in [1.82, 2.24) is 4.98 Å². The Bertz CT molecular complexity index is 967. The van der Waals surface area contributed by atoms with E-state index in [1.807, 2.05) is 55.6 Å². The minimum Gasteiger partial charge on any atom is -0.478 e. The highest BCUT2D eigenvalue weighted by atomic mass is 16.4. The van der Waals surface area contributed by atoms with Crippen molar-refractivity contribution in [3.63, 3.8) is 0 Å². The number of nitrogens with zero attached hydrogens (tertiary/aromatic N) is 1. The van der Waals surface area contributed by atoms with Crippen molar-refractivity contribution in [1.29, 1.82) is 0 Å². The van der Waals surface area contributed by atoms with Gasteiger partial charge in [-0.1, -0.05) is 43.3 Å². The maximum absolute atomic E-state index is 12.3. The molecule has 3 rings (SSSR count). The van der Waals surface area contributed by atoms with E-state index < -0.39 is 5.97 Å². The van der Waals surface area contributed by atoms with E-state index in [1.165, 1.54) is 0 Å². The number of aromatic carboxylic acids is 1. The van der Waals surface area contributed by atoms with Crippen LogP contribution in [0.5, 0.6) is 0 Å². The lowest BCUT2D eigenvalue weighted by Crippen LogP contribution is -2.15. The van der Waals surface area contributed by atoms with Gasteiger partial charge in [-0.2, -0.15) is 0 Å². The Morgan fingerprint density at radius 1 is 1.00 bits per heavy atom. The first kappa shape index (κ1) is 19.3. The van der Waals surface area contributed by atoms with E-state index in [1.54, 1.807) is 18.3 Å². The van der Waals surface area contributed by atoms with Gasteiger partial charge >= 0.3 is 5.97 Å². The molecule has 0 unspecified atom stereocenters. The molecule has 1 heterocycles. The smallest absolute Gasteiger partial charge is 0.337 e. The SMILES string of the molecule is CCc1ccc(NC(=O)CCc2ccc(-c3cccnc3)cc2)c(C(=O)O)c1. The zero-order valence-corrected chi connectivity index (χ0v) is 15.7. The number of carboxylic acids is 1. The number of aromatic nitrogens is 1. The Morgan fingerprint density at radius 2 is 1.75 bits per heavy atom. The van der Waals surface area contributed by atoms with E-state index in [2.05, 4.69) is 10.3 Å². The lowest BCUT2D eigenvalue weighted by molar-refractivity contribution is -0.116. The molecule has 0 aliphatic carbocycles. The number of anilines is 1. The van der Waals surface area contributed by atoms with Crippen LogP contribution >= 0.6 is 0 Å². The number of carbonyl (C=O) groups is 2. The molecule has 1 amide bonds. The second-order valence-electron chi connectivity index (χ2n) is 6.53. The zero-order chi connectivity index (χ0) is 19.9. The van der Waals surface area contributed by atoms with E-state index in [0.29, 0.717) is 12.1 Å². The summed E-state index contributed by atoms with van der Waals surface area (Å²) >= 11 is 0. The highest BCUT2D eigenvalue weighted by molar-refractivity contribution is 6.00. The number of amides is 1. The summed E-state index contributed by atoms with van der Waals surface area (Å²) < 4.78 is 0. The van der Waals surface area contributed by atoms with Crippen LogP contribution in [-0.4, -0.2) is 22.0 Å². The van der Waals surface area contributed by atoms with E-state index in [0.717, 1.165) is 28.7 Å². The molecule has 5 nitrogen and oxygen atoms in total. The van der Waals surface area contributed by atoms with Gasteiger partial charge in [0.05, 0.1) is 11.3 Å². The quantitative estimate of drug-likeness (QED) is 0.634. The van der Waals surface area contributed by atoms with Gasteiger partial charge in [0, 0.05) is 18.8 Å². The normalized spacial score (nSPS) is 10.5. The lowest BCUT2D eigenvalue weighted by atomic mass is 10.0. The second kappa shape index (κ2) is 8.95. The van der Waals surface area contributed by atoms with Crippen LogP contribution in [0.15, 0.2) is 67.0 Å².